The molecule has 2 fully saturated rings. The lowest BCUT2D eigenvalue weighted by atomic mass is 9.98. The average molecular weight is 280 g/mol. The molecule has 3 atom stereocenters. The van der Waals surface area contributed by atoms with Crippen LogP contribution >= 0.6 is 11.6 Å². The van der Waals surface area contributed by atoms with Gasteiger partial charge in [-0.2, -0.15) is 0 Å². The normalized spacial score (nSPS) is 29.3. The number of hydrogen-bond acceptors (Lipinski definition) is 3. The van der Waals surface area contributed by atoms with Gasteiger partial charge in [0, 0.05) is 36.9 Å². The van der Waals surface area contributed by atoms with Crippen molar-refractivity contribution in [1.29, 1.82) is 0 Å². The Hall–Kier alpha value is -1.13. The Bertz CT molecular complexity index is 481. The lowest BCUT2D eigenvalue weighted by molar-refractivity contribution is 0.0681. The first-order chi connectivity index (χ1) is 9.13. The van der Waals surface area contributed by atoms with E-state index < -0.39 is 0 Å². The van der Waals surface area contributed by atoms with E-state index in [1.807, 2.05) is 11.9 Å². The molecule has 102 valence electrons. The van der Waals surface area contributed by atoms with Crippen LogP contribution in [0.4, 0.5) is 0 Å². The number of halogens is 1. The van der Waals surface area contributed by atoms with E-state index >= 15 is 0 Å². The Balaban J connectivity index is 1.73. The number of piperidine rings is 1. The molecule has 1 amide bonds. The lowest BCUT2D eigenvalue weighted by Gasteiger charge is -2.35. The lowest BCUT2D eigenvalue weighted by Crippen LogP contribution is -2.48. The van der Waals surface area contributed by atoms with Crippen molar-refractivity contribution >= 4 is 17.5 Å². The largest absolute Gasteiger partial charge is 0.339 e. The van der Waals surface area contributed by atoms with Crippen LogP contribution < -0.4 is 5.32 Å². The molecule has 19 heavy (non-hydrogen) atoms. The van der Waals surface area contributed by atoms with E-state index in [0.29, 0.717) is 28.8 Å². The molecule has 3 heterocycles. The Kier molecular flexibility index (Phi) is 3.46. The average Bonchev–Trinajstić information content (AvgIpc) is 2.76. The molecule has 3 rings (SSSR count). The summed E-state index contributed by atoms with van der Waals surface area (Å²) in [6.45, 7) is 0. The van der Waals surface area contributed by atoms with Gasteiger partial charge >= 0.3 is 0 Å². The highest BCUT2D eigenvalue weighted by molar-refractivity contribution is 6.29. The first-order valence-electron chi connectivity index (χ1n) is 6.78. The first kappa shape index (κ1) is 12.9. The van der Waals surface area contributed by atoms with Crippen LogP contribution in [-0.2, 0) is 0 Å². The van der Waals surface area contributed by atoms with E-state index in [4.69, 9.17) is 11.6 Å². The second kappa shape index (κ2) is 5.10. The highest BCUT2D eigenvalue weighted by Crippen LogP contribution is 2.29. The van der Waals surface area contributed by atoms with Crippen LogP contribution in [0.3, 0.4) is 0 Å². The van der Waals surface area contributed by atoms with Crippen LogP contribution in [0.25, 0.3) is 0 Å². The maximum absolute atomic E-state index is 12.4. The van der Waals surface area contributed by atoms with Gasteiger partial charge < -0.3 is 10.2 Å². The van der Waals surface area contributed by atoms with Gasteiger partial charge in [-0.1, -0.05) is 11.6 Å². The van der Waals surface area contributed by atoms with Crippen molar-refractivity contribution in [2.75, 3.05) is 7.05 Å². The topological polar surface area (TPSA) is 45.2 Å². The van der Waals surface area contributed by atoms with Gasteiger partial charge in [0.2, 0.25) is 0 Å². The van der Waals surface area contributed by atoms with Crippen LogP contribution in [0.15, 0.2) is 18.3 Å². The number of rotatable bonds is 2. The summed E-state index contributed by atoms with van der Waals surface area (Å²) in [5, 5.41) is 3.96. The summed E-state index contributed by atoms with van der Waals surface area (Å²) in [5.74, 6) is 0.0376. The van der Waals surface area contributed by atoms with Crippen LogP contribution in [0.2, 0.25) is 5.15 Å². The number of pyridine rings is 1. The van der Waals surface area contributed by atoms with Gasteiger partial charge in [0.25, 0.3) is 5.91 Å². The van der Waals surface area contributed by atoms with Crippen LogP contribution in [0.5, 0.6) is 0 Å². The van der Waals surface area contributed by atoms with Crippen molar-refractivity contribution in [2.24, 2.45) is 0 Å². The summed E-state index contributed by atoms with van der Waals surface area (Å²) in [6.07, 6.45) is 6.17. The van der Waals surface area contributed by atoms with E-state index in [9.17, 15) is 4.79 Å². The minimum atomic E-state index is 0.0376. The number of fused-ring (bicyclic) bond motifs is 2. The third-order valence-corrected chi connectivity index (χ3v) is 4.50. The number of hydrogen-bond donors (Lipinski definition) is 1. The smallest absolute Gasteiger partial charge is 0.254 e. The fourth-order valence-corrected chi connectivity index (χ4v) is 3.42. The van der Waals surface area contributed by atoms with Crippen molar-refractivity contribution in [2.45, 2.75) is 43.8 Å². The summed E-state index contributed by atoms with van der Waals surface area (Å²) >= 11 is 5.84. The minimum Gasteiger partial charge on any atom is -0.339 e. The summed E-state index contributed by atoms with van der Waals surface area (Å²) in [5.41, 5.74) is 0.619. The van der Waals surface area contributed by atoms with Crippen molar-refractivity contribution < 1.29 is 4.79 Å². The number of nitrogens with one attached hydrogen (secondary N) is 1. The molecule has 0 spiro atoms. The van der Waals surface area contributed by atoms with Gasteiger partial charge in [0.15, 0.2) is 0 Å². The Morgan fingerprint density at radius 2 is 2.11 bits per heavy atom. The third kappa shape index (κ3) is 2.60. The van der Waals surface area contributed by atoms with Gasteiger partial charge in [-0.15, -0.1) is 0 Å². The molecule has 0 saturated carbocycles. The second-order valence-corrected chi connectivity index (χ2v) is 5.93. The predicted octanol–water partition coefficient (Wildman–Crippen LogP) is 2.09. The van der Waals surface area contributed by atoms with Crippen molar-refractivity contribution in [3.63, 3.8) is 0 Å². The molecule has 1 aromatic rings. The zero-order chi connectivity index (χ0) is 13.4. The molecular formula is C14H18ClN3O. The van der Waals surface area contributed by atoms with Crippen LogP contribution in [-0.4, -0.2) is 41.0 Å². The zero-order valence-corrected chi connectivity index (χ0v) is 11.7. The standard InChI is InChI=1S/C14H18ClN3O/c1-18(12-7-10-2-3-11(8-12)17-10)14(19)9-4-5-16-13(15)6-9/h4-6,10-12,17H,2-3,7-8H2,1H3/t10-,11+,12?. The molecule has 0 aliphatic carbocycles. The van der Waals surface area contributed by atoms with E-state index in [0.717, 1.165) is 12.8 Å². The predicted molar refractivity (Wildman–Crippen MR) is 74.3 cm³/mol. The monoisotopic (exact) mass is 279 g/mol. The maximum atomic E-state index is 12.4. The van der Waals surface area contributed by atoms with Gasteiger partial charge in [-0.3, -0.25) is 4.79 Å². The van der Waals surface area contributed by atoms with Gasteiger partial charge in [-0.05, 0) is 37.8 Å². The molecule has 1 N–H and O–H groups in total. The van der Waals surface area contributed by atoms with E-state index in [-0.39, 0.29) is 5.91 Å². The van der Waals surface area contributed by atoms with Crippen LogP contribution in [0.1, 0.15) is 36.0 Å². The SMILES string of the molecule is CN(C(=O)c1ccnc(Cl)c1)C1C[C@H]2CC[C@@H](C1)N2. The fourth-order valence-electron chi connectivity index (χ4n) is 3.25. The molecule has 4 nitrogen and oxygen atoms in total. The summed E-state index contributed by atoms with van der Waals surface area (Å²) in [4.78, 5) is 18.2. The molecule has 2 bridgehead atoms. The summed E-state index contributed by atoms with van der Waals surface area (Å²) in [7, 11) is 1.89. The number of nitrogens with zero attached hydrogens (tertiary/aromatic N) is 2. The molecule has 0 radical (unpaired) electrons. The number of amides is 1. The van der Waals surface area contributed by atoms with E-state index in [1.165, 1.54) is 12.8 Å². The molecule has 2 aliphatic rings. The highest BCUT2D eigenvalue weighted by Gasteiger charge is 2.36. The Morgan fingerprint density at radius 3 is 2.74 bits per heavy atom. The summed E-state index contributed by atoms with van der Waals surface area (Å²) in [6, 6.07) is 4.86. The molecule has 1 unspecified atom stereocenters. The van der Waals surface area contributed by atoms with Crippen molar-refractivity contribution in [3.05, 3.63) is 29.0 Å². The van der Waals surface area contributed by atoms with E-state index in [1.54, 1.807) is 18.3 Å². The van der Waals surface area contributed by atoms with Crippen LogP contribution in [0, 0.1) is 0 Å². The quantitative estimate of drug-likeness (QED) is 0.843. The fraction of sp³-hybridized carbons (Fsp3) is 0.571. The molecule has 5 heteroatoms. The summed E-state index contributed by atoms with van der Waals surface area (Å²) < 4.78 is 0. The Morgan fingerprint density at radius 1 is 1.42 bits per heavy atom. The second-order valence-electron chi connectivity index (χ2n) is 5.55. The van der Waals surface area contributed by atoms with Gasteiger partial charge in [-0.25, -0.2) is 4.98 Å². The zero-order valence-electron chi connectivity index (χ0n) is 11.0. The highest BCUT2D eigenvalue weighted by atomic mass is 35.5. The molecule has 0 aromatic carbocycles. The Labute approximate surface area is 118 Å². The van der Waals surface area contributed by atoms with Crippen molar-refractivity contribution in [3.8, 4) is 0 Å². The number of carbonyl (C=O) groups excluding carboxylic acids is 1. The van der Waals surface area contributed by atoms with E-state index in [2.05, 4.69) is 10.3 Å². The molecule has 2 saturated heterocycles. The number of carbonyl (C=O) groups is 1. The number of aromatic nitrogens is 1. The first-order valence-corrected chi connectivity index (χ1v) is 7.16. The van der Waals surface area contributed by atoms with Gasteiger partial charge in [0.1, 0.15) is 5.15 Å². The maximum Gasteiger partial charge on any atom is 0.254 e. The van der Waals surface area contributed by atoms with Gasteiger partial charge in [0.05, 0.1) is 0 Å². The molecule has 2 aliphatic heterocycles. The molecular weight excluding hydrogens is 262 g/mol. The van der Waals surface area contributed by atoms with Crippen molar-refractivity contribution in [1.82, 2.24) is 15.2 Å². The molecule has 1 aromatic heterocycles. The third-order valence-electron chi connectivity index (χ3n) is 4.29. The minimum absolute atomic E-state index is 0.0376.